The molecule has 1 aromatic carbocycles. The lowest BCUT2D eigenvalue weighted by Gasteiger charge is -2.21. The van der Waals surface area contributed by atoms with Crippen LogP contribution in [-0.2, 0) is 6.54 Å². The third kappa shape index (κ3) is 3.72. The van der Waals surface area contributed by atoms with Gasteiger partial charge in [0.1, 0.15) is 0 Å². The van der Waals surface area contributed by atoms with Crippen LogP contribution in [-0.4, -0.2) is 11.8 Å². The number of nitrogens with one attached hydrogen (secondary N) is 1. The predicted molar refractivity (Wildman–Crippen MR) is 64.8 cm³/mol. The Morgan fingerprint density at radius 1 is 1.21 bits per heavy atom. The van der Waals surface area contributed by atoms with E-state index < -0.39 is 0 Å². The van der Waals surface area contributed by atoms with E-state index in [4.69, 9.17) is 0 Å². The quantitative estimate of drug-likeness (QED) is 0.767. The average molecular weight is 209 g/mol. The summed E-state index contributed by atoms with van der Waals surface area (Å²) in [6.07, 6.45) is 2.12. The summed E-state index contributed by atoms with van der Waals surface area (Å²) in [5, 5.41) is 3.50. The van der Waals surface area contributed by atoms with Gasteiger partial charge in [0.25, 0.3) is 0 Å². The monoisotopic (exact) mass is 209 g/mol. The Bertz CT molecular complexity index is 289. The minimum atomic E-state index is 0.186. The van der Waals surface area contributed by atoms with Crippen LogP contribution in [0.25, 0.3) is 0 Å². The first-order valence-corrected chi connectivity index (χ1v) is 6.12. The zero-order valence-electron chi connectivity index (χ0n) is 9.42. The van der Waals surface area contributed by atoms with E-state index in [9.17, 15) is 0 Å². The number of benzene rings is 1. The van der Waals surface area contributed by atoms with E-state index in [1.54, 1.807) is 11.8 Å². The summed E-state index contributed by atoms with van der Waals surface area (Å²) >= 11 is 1.81. The van der Waals surface area contributed by atoms with Crippen molar-refractivity contribution in [3.05, 3.63) is 29.8 Å². The van der Waals surface area contributed by atoms with Crippen molar-refractivity contribution in [1.29, 1.82) is 0 Å². The molecular weight excluding hydrogens is 190 g/mol. The van der Waals surface area contributed by atoms with Gasteiger partial charge in [-0.2, -0.15) is 0 Å². The maximum atomic E-state index is 3.50. The Hall–Kier alpha value is -0.470. The fraction of sp³-hybridized carbons (Fsp3) is 0.500. The summed E-state index contributed by atoms with van der Waals surface area (Å²) in [4.78, 5) is 1.37. The minimum absolute atomic E-state index is 0.186. The van der Waals surface area contributed by atoms with Crippen LogP contribution in [0, 0.1) is 0 Å². The summed E-state index contributed by atoms with van der Waals surface area (Å²) in [5.74, 6) is 0. The molecule has 0 atom stereocenters. The molecule has 0 aliphatic rings. The van der Waals surface area contributed by atoms with Crippen molar-refractivity contribution in [3.63, 3.8) is 0 Å². The maximum absolute atomic E-state index is 3.50. The highest BCUT2D eigenvalue weighted by Gasteiger charge is 2.09. The molecule has 0 radical (unpaired) electrons. The van der Waals surface area contributed by atoms with Gasteiger partial charge in [0, 0.05) is 17.0 Å². The molecule has 1 N–H and O–H groups in total. The molecule has 0 amide bonds. The van der Waals surface area contributed by atoms with Crippen molar-refractivity contribution in [2.24, 2.45) is 0 Å². The van der Waals surface area contributed by atoms with E-state index in [0.29, 0.717) is 0 Å². The van der Waals surface area contributed by atoms with E-state index in [0.717, 1.165) is 6.54 Å². The van der Waals surface area contributed by atoms with Crippen LogP contribution >= 0.6 is 11.8 Å². The molecule has 1 rings (SSSR count). The molecule has 0 saturated carbocycles. The van der Waals surface area contributed by atoms with Crippen LogP contribution < -0.4 is 5.32 Å². The second kappa shape index (κ2) is 4.85. The van der Waals surface area contributed by atoms with Gasteiger partial charge in [-0.25, -0.2) is 0 Å². The predicted octanol–water partition coefficient (Wildman–Crippen LogP) is 3.30. The van der Waals surface area contributed by atoms with E-state index in [2.05, 4.69) is 56.6 Å². The Morgan fingerprint density at radius 2 is 1.86 bits per heavy atom. The zero-order valence-corrected chi connectivity index (χ0v) is 10.2. The Balaban J connectivity index is 2.67. The van der Waals surface area contributed by atoms with Gasteiger partial charge in [-0.3, -0.25) is 0 Å². The van der Waals surface area contributed by atoms with Crippen LogP contribution in [0.1, 0.15) is 26.3 Å². The summed E-state index contributed by atoms with van der Waals surface area (Å²) in [6, 6.07) is 8.54. The minimum Gasteiger partial charge on any atom is -0.308 e. The van der Waals surface area contributed by atoms with Gasteiger partial charge >= 0.3 is 0 Å². The second-order valence-corrected chi connectivity index (χ2v) is 5.26. The van der Waals surface area contributed by atoms with Gasteiger partial charge in [-0.05, 0) is 38.7 Å². The smallest absolute Gasteiger partial charge is 0.0221 e. The average Bonchev–Trinajstić information content (AvgIpc) is 2.14. The van der Waals surface area contributed by atoms with Crippen molar-refractivity contribution in [1.82, 2.24) is 5.32 Å². The van der Waals surface area contributed by atoms with Crippen molar-refractivity contribution >= 4 is 11.8 Å². The lowest BCUT2D eigenvalue weighted by molar-refractivity contribution is 0.422. The third-order valence-electron chi connectivity index (χ3n) is 2.00. The number of hydrogen-bond acceptors (Lipinski definition) is 2. The molecule has 0 fully saturated rings. The molecule has 0 spiro atoms. The normalized spacial score (nSPS) is 11.7. The van der Waals surface area contributed by atoms with Crippen LogP contribution in [0.5, 0.6) is 0 Å². The lowest BCUT2D eigenvalue weighted by Crippen LogP contribution is -2.35. The molecule has 0 aliphatic carbocycles. The van der Waals surface area contributed by atoms with Gasteiger partial charge in [-0.1, -0.05) is 18.2 Å². The fourth-order valence-electron chi connectivity index (χ4n) is 1.21. The molecule has 1 nitrogen and oxygen atoms in total. The van der Waals surface area contributed by atoms with Crippen LogP contribution in [0.15, 0.2) is 29.2 Å². The first-order chi connectivity index (χ1) is 6.53. The summed E-state index contributed by atoms with van der Waals surface area (Å²) in [5.41, 5.74) is 1.57. The van der Waals surface area contributed by atoms with E-state index in [1.807, 2.05) is 0 Å². The molecule has 2 heteroatoms. The molecule has 0 unspecified atom stereocenters. The van der Waals surface area contributed by atoms with Gasteiger partial charge in [0.05, 0.1) is 0 Å². The van der Waals surface area contributed by atoms with Crippen LogP contribution in [0.2, 0.25) is 0 Å². The molecule has 0 saturated heterocycles. The van der Waals surface area contributed by atoms with E-state index >= 15 is 0 Å². The molecule has 0 heterocycles. The van der Waals surface area contributed by atoms with Crippen molar-refractivity contribution in [3.8, 4) is 0 Å². The molecule has 0 aromatic heterocycles. The number of thioether (sulfide) groups is 1. The molecule has 1 aromatic rings. The SMILES string of the molecule is CSc1ccccc1CNC(C)(C)C. The van der Waals surface area contributed by atoms with Gasteiger partial charge in [0.15, 0.2) is 0 Å². The second-order valence-electron chi connectivity index (χ2n) is 4.42. The number of rotatable bonds is 3. The Kier molecular flexibility index (Phi) is 4.02. The van der Waals surface area contributed by atoms with Crippen molar-refractivity contribution in [2.45, 2.75) is 37.8 Å². The van der Waals surface area contributed by atoms with Crippen molar-refractivity contribution in [2.75, 3.05) is 6.26 Å². The largest absolute Gasteiger partial charge is 0.308 e. The van der Waals surface area contributed by atoms with E-state index in [-0.39, 0.29) is 5.54 Å². The Labute approximate surface area is 91.3 Å². The third-order valence-corrected chi connectivity index (χ3v) is 2.84. The molecule has 0 aliphatic heterocycles. The fourth-order valence-corrected chi connectivity index (χ4v) is 1.83. The highest BCUT2D eigenvalue weighted by molar-refractivity contribution is 7.98. The summed E-state index contributed by atoms with van der Waals surface area (Å²) < 4.78 is 0. The maximum Gasteiger partial charge on any atom is 0.0221 e. The van der Waals surface area contributed by atoms with Crippen LogP contribution in [0.3, 0.4) is 0 Å². The van der Waals surface area contributed by atoms with Crippen molar-refractivity contribution < 1.29 is 0 Å². The van der Waals surface area contributed by atoms with Gasteiger partial charge < -0.3 is 5.32 Å². The zero-order chi connectivity index (χ0) is 10.6. The number of hydrogen-bond donors (Lipinski definition) is 1. The van der Waals surface area contributed by atoms with Gasteiger partial charge in [0.2, 0.25) is 0 Å². The first kappa shape index (κ1) is 11.6. The first-order valence-electron chi connectivity index (χ1n) is 4.90. The highest BCUT2D eigenvalue weighted by Crippen LogP contribution is 2.20. The van der Waals surface area contributed by atoms with Crippen LogP contribution in [0.4, 0.5) is 0 Å². The Morgan fingerprint density at radius 3 is 2.43 bits per heavy atom. The lowest BCUT2D eigenvalue weighted by atomic mass is 10.1. The standard InChI is InChI=1S/C12H19NS/c1-12(2,3)13-9-10-7-5-6-8-11(10)14-4/h5-8,13H,9H2,1-4H3. The molecular formula is C12H19NS. The molecule has 0 bridgehead atoms. The molecule has 78 valence electrons. The summed E-state index contributed by atoms with van der Waals surface area (Å²) in [6.45, 7) is 7.51. The topological polar surface area (TPSA) is 12.0 Å². The van der Waals surface area contributed by atoms with E-state index in [1.165, 1.54) is 10.5 Å². The molecule has 14 heavy (non-hydrogen) atoms. The summed E-state index contributed by atoms with van der Waals surface area (Å²) in [7, 11) is 0. The van der Waals surface area contributed by atoms with Gasteiger partial charge in [-0.15, -0.1) is 11.8 Å². The highest BCUT2D eigenvalue weighted by atomic mass is 32.2.